The van der Waals surface area contributed by atoms with E-state index in [1.165, 1.54) is 0 Å². The zero-order chi connectivity index (χ0) is 20.1. The van der Waals surface area contributed by atoms with Gasteiger partial charge in [0.25, 0.3) is 5.91 Å². The number of nitrogens with zero attached hydrogens (tertiary/aromatic N) is 3. The number of piperidine rings is 1. The fraction of sp³-hybridized carbons (Fsp3) is 0.455. The fourth-order valence-electron chi connectivity index (χ4n) is 4.47. The summed E-state index contributed by atoms with van der Waals surface area (Å²) in [6.07, 6.45) is 3.90. The quantitative estimate of drug-likeness (QED) is 0.717. The molecule has 1 saturated heterocycles. The van der Waals surface area contributed by atoms with Gasteiger partial charge in [0.05, 0.1) is 11.1 Å². The molecule has 2 aromatic heterocycles. The number of aryl methyl sites for hydroxylation is 2. The monoisotopic (exact) mass is 391 g/mol. The molecule has 0 unspecified atom stereocenters. The third-order valence-corrected chi connectivity index (χ3v) is 6.18. The Morgan fingerprint density at radius 3 is 2.48 bits per heavy atom. The number of pyridine rings is 1. The first-order valence-corrected chi connectivity index (χ1v) is 10.4. The van der Waals surface area contributed by atoms with Gasteiger partial charge >= 0.3 is 5.69 Å². The van der Waals surface area contributed by atoms with E-state index in [9.17, 15) is 9.59 Å². The molecule has 0 bridgehead atoms. The molecule has 0 radical (unpaired) electrons. The molecule has 150 valence electrons. The van der Waals surface area contributed by atoms with Gasteiger partial charge in [-0.05, 0) is 57.2 Å². The van der Waals surface area contributed by atoms with Gasteiger partial charge in [0, 0.05) is 36.0 Å². The van der Waals surface area contributed by atoms with Gasteiger partial charge in [-0.1, -0.05) is 11.6 Å². The van der Waals surface area contributed by atoms with E-state index in [4.69, 9.17) is 4.98 Å². The highest BCUT2D eigenvalue weighted by Crippen LogP contribution is 2.41. The molecule has 2 N–H and O–H groups in total. The van der Waals surface area contributed by atoms with Crippen molar-refractivity contribution in [3.05, 3.63) is 56.9 Å². The zero-order valence-corrected chi connectivity index (χ0v) is 16.8. The third kappa shape index (κ3) is 3.34. The van der Waals surface area contributed by atoms with Crippen LogP contribution in [0.5, 0.6) is 0 Å². The number of H-pyrrole nitrogens is 2. The molecule has 7 nitrogen and oxygen atoms in total. The molecule has 1 aromatic carbocycles. The van der Waals surface area contributed by atoms with E-state index >= 15 is 0 Å². The number of carbonyl (C=O) groups excluding carboxylic acids is 1. The van der Waals surface area contributed by atoms with E-state index in [0.29, 0.717) is 24.8 Å². The highest BCUT2D eigenvalue weighted by atomic mass is 16.2. The topological polar surface area (TPSA) is 94.7 Å². The summed E-state index contributed by atoms with van der Waals surface area (Å²) in [5.74, 6) is 1.45. The highest BCUT2D eigenvalue weighted by Gasteiger charge is 2.30. The van der Waals surface area contributed by atoms with Crippen molar-refractivity contribution in [1.29, 1.82) is 0 Å². The van der Waals surface area contributed by atoms with E-state index in [0.717, 1.165) is 59.0 Å². The van der Waals surface area contributed by atoms with Crippen LogP contribution in [-0.2, 0) is 0 Å². The molecule has 3 aromatic rings. The Morgan fingerprint density at radius 2 is 1.83 bits per heavy atom. The minimum absolute atomic E-state index is 0.0817. The summed E-state index contributed by atoms with van der Waals surface area (Å²) < 4.78 is 0. The van der Waals surface area contributed by atoms with Gasteiger partial charge in [-0.25, -0.2) is 9.89 Å². The minimum atomic E-state index is -0.278. The average Bonchev–Trinajstić information content (AvgIpc) is 3.47. The van der Waals surface area contributed by atoms with Crippen LogP contribution in [-0.4, -0.2) is 44.1 Å². The predicted molar refractivity (Wildman–Crippen MR) is 110 cm³/mol. The van der Waals surface area contributed by atoms with Gasteiger partial charge in [0.1, 0.15) is 5.82 Å². The summed E-state index contributed by atoms with van der Waals surface area (Å²) >= 11 is 0. The lowest BCUT2D eigenvalue weighted by atomic mass is 9.94. The number of hydrogen-bond acceptors (Lipinski definition) is 4. The van der Waals surface area contributed by atoms with Crippen molar-refractivity contribution in [2.45, 2.75) is 51.4 Å². The number of likely N-dealkylation sites (tertiary alicyclic amines) is 1. The Bertz CT molecular complexity index is 1150. The van der Waals surface area contributed by atoms with Crippen molar-refractivity contribution in [3.8, 4) is 0 Å². The molecule has 29 heavy (non-hydrogen) atoms. The van der Waals surface area contributed by atoms with Crippen LogP contribution in [0.1, 0.15) is 70.5 Å². The van der Waals surface area contributed by atoms with Crippen molar-refractivity contribution in [2.75, 3.05) is 13.1 Å². The summed E-state index contributed by atoms with van der Waals surface area (Å²) in [5, 5.41) is 7.45. The second-order valence-electron chi connectivity index (χ2n) is 8.48. The minimum Gasteiger partial charge on any atom is -0.339 e. The average molecular weight is 391 g/mol. The van der Waals surface area contributed by atoms with Crippen molar-refractivity contribution in [3.63, 3.8) is 0 Å². The maximum atomic E-state index is 13.5. The fourth-order valence-corrected chi connectivity index (χ4v) is 4.47. The summed E-state index contributed by atoms with van der Waals surface area (Å²) in [5.41, 5.74) is 4.77. The molecular weight excluding hydrogens is 366 g/mol. The van der Waals surface area contributed by atoms with Gasteiger partial charge in [-0.15, -0.1) is 0 Å². The van der Waals surface area contributed by atoms with E-state index in [1.54, 1.807) is 0 Å². The number of carbonyl (C=O) groups is 1. The largest absolute Gasteiger partial charge is 0.340 e. The normalized spacial score (nSPS) is 17.8. The van der Waals surface area contributed by atoms with Gasteiger partial charge in [-0.2, -0.15) is 5.10 Å². The third-order valence-electron chi connectivity index (χ3n) is 6.18. The Kier molecular flexibility index (Phi) is 4.26. The van der Waals surface area contributed by atoms with Crippen LogP contribution >= 0.6 is 0 Å². The lowest BCUT2D eigenvalue weighted by Gasteiger charge is -2.31. The number of rotatable bonds is 3. The van der Waals surface area contributed by atoms with Gasteiger partial charge in [0.15, 0.2) is 0 Å². The Hall–Kier alpha value is -2.96. The Labute approximate surface area is 168 Å². The molecule has 5 rings (SSSR count). The number of hydrogen-bond donors (Lipinski definition) is 2. The van der Waals surface area contributed by atoms with Gasteiger partial charge in [-0.3, -0.25) is 14.8 Å². The molecule has 2 fully saturated rings. The number of amides is 1. The number of aromatic amines is 2. The maximum absolute atomic E-state index is 13.5. The SMILES string of the molecule is Cc1cc(C)c2nc(C3CC3)cc(C(=O)N3CCC(c4n[nH]c(=O)[nH]4)CC3)c2c1. The standard InChI is InChI=1S/C22H25N5O2/c1-12-9-13(2)19-16(10-12)17(11-18(23-19)14-3-4-14)21(28)27-7-5-15(6-8-27)20-24-22(29)26-25-20/h9-11,14-15H,3-8H2,1-2H3,(H2,24,25,26,29). The molecule has 2 aliphatic rings. The molecular formula is C22H25N5O2. The predicted octanol–water partition coefficient (Wildman–Crippen LogP) is 3.16. The highest BCUT2D eigenvalue weighted by molar-refractivity contribution is 6.07. The van der Waals surface area contributed by atoms with E-state index in [-0.39, 0.29) is 17.5 Å². The lowest BCUT2D eigenvalue weighted by molar-refractivity contribution is 0.0713. The van der Waals surface area contributed by atoms with Crippen molar-refractivity contribution in [2.24, 2.45) is 0 Å². The van der Waals surface area contributed by atoms with Crippen LogP contribution in [0, 0.1) is 13.8 Å². The second-order valence-corrected chi connectivity index (χ2v) is 8.48. The first-order valence-electron chi connectivity index (χ1n) is 10.4. The van der Waals surface area contributed by atoms with Crippen LogP contribution in [0.3, 0.4) is 0 Å². The number of benzene rings is 1. The molecule has 7 heteroatoms. The van der Waals surface area contributed by atoms with E-state index in [2.05, 4.69) is 41.2 Å². The van der Waals surface area contributed by atoms with Crippen LogP contribution in [0.4, 0.5) is 0 Å². The molecule has 1 aliphatic carbocycles. The van der Waals surface area contributed by atoms with Gasteiger partial charge < -0.3 is 4.90 Å². The smallest absolute Gasteiger partial charge is 0.339 e. The van der Waals surface area contributed by atoms with Crippen LogP contribution in [0.2, 0.25) is 0 Å². The molecule has 1 amide bonds. The van der Waals surface area contributed by atoms with Gasteiger partial charge in [0.2, 0.25) is 0 Å². The number of nitrogens with one attached hydrogen (secondary N) is 2. The molecule has 1 saturated carbocycles. The number of fused-ring (bicyclic) bond motifs is 1. The molecule has 0 atom stereocenters. The Balaban J connectivity index is 1.45. The van der Waals surface area contributed by atoms with Crippen molar-refractivity contribution in [1.82, 2.24) is 25.1 Å². The van der Waals surface area contributed by atoms with Crippen LogP contribution in [0.15, 0.2) is 23.0 Å². The zero-order valence-electron chi connectivity index (χ0n) is 16.8. The van der Waals surface area contributed by atoms with E-state index < -0.39 is 0 Å². The van der Waals surface area contributed by atoms with E-state index in [1.807, 2.05) is 11.0 Å². The first-order chi connectivity index (χ1) is 14.0. The summed E-state index contributed by atoms with van der Waals surface area (Å²) in [6.45, 7) is 5.45. The van der Waals surface area contributed by atoms with Crippen molar-refractivity contribution >= 4 is 16.8 Å². The molecule has 3 heterocycles. The second kappa shape index (κ2) is 6.83. The summed E-state index contributed by atoms with van der Waals surface area (Å²) in [6, 6.07) is 6.25. The van der Waals surface area contributed by atoms with Crippen LogP contribution < -0.4 is 5.69 Å². The van der Waals surface area contributed by atoms with Crippen LogP contribution in [0.25, 0.3) is 10.9 Å². The summed E-state index contributed by atoms with van der Waals surface area (Å²) in [4.78, 5) is 34.4. The summed E-state index contributed by atoms with van der Waals surface area (Å²) in [7, 11) is 0. The lowest BCUT2D eigenvalue weighted by Crippen LogP contribution is -2.38. The maximum Gasteiger partial charge on any atom is 0.340 e. The number of aromatic nitrogens is 4. The molecule has 0 spiro atoms. The first kappa shape index (κ1) is 18.1. The van der Waals surface area contributed by atoms with Crippen molar-refractivity contribution < 1.29 is 4.79 Å². The molecule has 1 aliphatic heterocycles. The Morgan fingerprint density at radius 1 is 1.07 bits per heavy atom.